The zero-order valence-electron chi connectivity index (χ0n) is 17.1. The molecule has 0 fully saturated rings. The summed E-state index contributed by atoms with van der Waals surface area (Å²) in [5, 5.41) is 39.8. The maximum Gasteiger partial charge on any atom is 0.336 e. The predicted molar refractivity (Wildman–Crippen MR) is 114 cm³/mol. The zero-order chi connectivity index (χ0) is 22.3. The first-order chi connectivity index (χ1) is 14.0. The van der Waals surface area contributed by atoms with E-state index < -0.39 is 11.9 Å². The van der Waals surface area contributed by atoms with Crippen molar-refractivity contribution in [3.8, 4) is 33.8 Å². The molecule has 0 aliphatic heterocycles. The van der Waals surface area contributed by atoms with Crippen molar-refractivity contribution >= 4 is 11.9 Å². The molecule has 0 spiro atoms. The number of aromatic hydroxyl groups is 2. The fourth-order valence-corrected chi connectivity index (χ4v) is 3.83. The Morgan fingerprint density at radius 2 is 0.933 bits per heavy atom. The third kappa shape index (κ3) is 3.37. The van der Waals surface area contributed by atoms with Crippen LogP contribution in [0.15, 0.2) is 36.4 Å². The minimum Gasteiger partial charge on any atom is -0.507 e. The van der Waals surface area contributed by atoms with Gasteiger partial charge < -0.3 is 20.4 Å². The van der Waals surface area contributed by atoms with Crippen molar-refractivity contribution in [1.82, 2.24) is 0 Å². The van der Waals surface area contributed by atoms with Crippen LogP contribution in [0, 0.1) is 27.7 Å². The second-order valence-corrected chi connectivity index (χ2v) is 7.37. The number of hydrogen-bond donors (Lipinski definition) is 4. The summed E-state index contributed by atoms with van der Waals surface area (Å²) in [6, 6.07) is 9.58. The van der Waals surface area contributed by atoms with Crippen LogP contribution in [0.3, 0.4) is 0 Å². The number of rotatable bonds is 4. The van der Waals surface area contributed by atoms with Gasteiger partial charge in [-0.1, -0.05) is 24.3 Å². The van der Waals surface area contributed by atoms with E-state index in [0.29, 0.717) is 44.5 Å². The summed E-state index contributed by atoms with van der Waals surface area (Å²) in [6.45, 7) is 6.59. The average Bonchev–Trinajstić information content (AvgIpc) is 2.70. The van der Waals surface area contributed by atoms with Gasteiger partial charge in [0.05, 0.1) is 11.1 Å². The Labute approximate surface area is 173 Å². The summed E-state index contributed by atoms with van der Waals surface area (Å²) < 4.78 is 0. The Bertz CT molecular complexity index is 1100. The number of carboxylic acids is 2. The normalized spacial score (nSPS) is 10.8. The van der Waals surface area contributed by atoms with Crippen LogP contribution in [0.2, 0.25) is 0 Å². The Hall–Kier alpha value is -3.80. The Kier molecular flexibility index (Phi) is 5.27. The molecule has 6 nitrogen and oxygen atoms in total. The fraction of sp³-hybridized carbons (Fsp3) is 0.167. The lowest BCUT2D eigenvalue weighted by molar-refractivity contribution is 0.0686. The molecule has 0 amide bonds. The maximum absolute atomic E-state index is 11.8. The van der Waals surface area contributed by atoms with Crippen molar-refractivity contribution in [2.24, 2.45) is 0 Å². The van der Waals surface area contributed by atoms with Gasteiger partial charge in [-0.05, 0) is 73.2 Å². The molecule has 4 N–H and O–H groups in total. The zero-order valence-corrected chi connectivity index (χ0v) is 17.1. The molecule has 0 atom stereocenters. The number of phenolic OH excluding ortho intramolecular Hbond substituents is 2. The van der Waals surface area contributed by atoms with E-state index in [4.69, 9.17) is 0 Å². The Morgan fingerprint density at radius 1 is 0.633 bits per heavy atom. The average molecular weight is 406 g/mol. The molecule has 0 unspecified atom stereocenters. The van der Waals surface area contributed by atoms with Crippen molar-refractivity contribution < 1.29 is 30.0 Å². The molecule has 3 aromatic rings. The van der Waals surface area contributed by atoms with Gasteiger partial charge in [-0.15, -0.1) is 0 Å². The summed E-state index contributed by atoms with van der Waals surface area (Å²) in [4.78, 5) is 23.5. The second-order valence-electron chi connectivity index (χ2n) is 7.37. The lowest BCUT2D eigenvalue weighted by atomic mass is 9.89. The van der Waals surface area contributed by atoms with E-state index in [9.17, 15) is 30.0 Å². The first kappa shape index (κ1) is 20.9. The third-order valence-corrected chi connectivity index (χ3v) is 5.39. The van der Waals surface area contributed by atoms with Crippen LogP contribution in [0.4, 0.5) is 0 Å². The van der Waals surface area contributed by atoms with Crippen LogP contribution in [-0.4, -0.2) is 32.4 Å². The number of phenols is 2. The third-order valence-electron chi connectivity index (χ3n) is 5.39. The number of benzene rings is 3. The van der Waals surface area contributed by atoms with E-state index in [2.05, 4.69) is 0 Å². The monoisotopic (exact) mass is 406 g/mol. The number of carbonyl (C=O) groups is 2. The van der Waals surface area contributed by atoms with Gasteiger partial charge in [0.1, 0.15) is 11.5 Å². The summed E-state index contributed by atoms with van der Waals surface area (Å²) in [7, 11) is 0. The minimum absolute atomic E-state index is 0.0338. The van der Waals surface area contributed by atoms with Crippen LogP contribution in [0.25, 0.3) is 22.3 Å². The van der Waals surface area contributed by atoms with Crippen LogP contribution >= 0.6 is 0 Å². The van der Waals surface area contributed by atoms with E-state index >= 15 is 0 Å². The molecule has 0 aliphatic rings. The number of hydrogen-bond acceptors (Lipinski definition) is 4. The highest BCUT2D eigenvalue weighted by Crippen LogP contribution is 2.39. The first-order valence-corrected chi connectivity index (χ1v) is 9.28. The van der Waals surface area contributed by atoms with Crippen LogP contribution in [0.1, 0.15) is 43.0 Å². The standard InChI is InChI=1S/C24H22O6/c1-11-9-17(23(27)28)19(13(3)21(11)25)15-5-7-16(8-6-15)20-14(4)22(26)12(2)10-18(20)24(29)30/h5-10,25-26H,1-4H3,(H,27,28)(H,29,30). The van der Waals surface area contributed by atoms with Gasteiger partial charge in [0.2, 0.25) is 0 Å². The maximum atomic E-state index is 11.8. The molecule has 0 saturated carbocycles. The highest BCUT2D eigenvalue weighted by Gasteiger charge is 2.21. The molecule has 0 heterocycles. The highest BCUT2D eigenvalue weighted by atomic mass is 16.4. The summed E-state index contributed by atoms with van der Waals surface area (Å²) in [6.07, 6.45) is 0. The van der Waals surface area contributed by atoms with Gasteiger partial charge in [-0.2, -0.15) is 0 Å². The van der Waals surface area contributed by atoms with Crippen LogP contribution in [-0.2, 0) is 0 Å². The Balaban J connectivity index is 2.22. The van der Waals surface area contributed by atoms with Crippen molar-refractivity contribution in [2.45, 2.75) is 27.7 Å². The molecule has 0 saturated heterocycles. The predicted octanol–water partition coefficient (Wildman–Crippen LogP) is 5.06. The molecular formula is C24H22O6. The molecule has 0 aromatic heterocycles. The molecule has 3 aromatic carbocycles. The van der Waals surface area contributed by atoms with E-state index in [1.54, 1.807) is 52.0 Å². The number of carboxylic acid groups (broad SMARTS) is 2. The summed E-state index contributed by atoms with van der Waals surface area (Å²) in [5.74, 6) is -2.14. The lowest BCUT2D eigenvalue weighted by Crippen LogP contribution is -2.04. The molecule has 0 bridgehead atoms. The topological polar surface area (TPSA) is 115 Å². The molecule has 0 radical (unpaired) electrons. The van der Waals surface area contributed by atoms with E-state index in [0.717, 1.165) is 0 Å². The number of aromatic carboxylic acids is 2. The van der Waals surface area contributed by atoms with E-state index in [-0.39, 0.29) is 22.6 Å². The van der Waals surface area contributed by atoms with Gasteiger partial charge >= 0.3 is 11.9 Å². The van der Waals surface area contributed by atoms with Crippen molar-refractivity contribution in [3.63, 3.8) is 0 Å². The molecule has 3 rings (SSSR count). The van der Waals surface area contributed by atoms with Crippen molar-refractivity contribution in [1.29, 1.82) is 0 Å². The largest absolute Gasteiger partial charge is 0.507 e. The van der Waals surface area contributed by atoms with Gasteiger partial charge in [-0.3, -0.25) is 0 Å². The van der Waals surface area contributed by atoms with Crippen molar-refractivity contribution in [2.75, 3.05) is 0 Å². The van der Waals surface area contributed by atoms with Gasteiger partial charge in [0, 0.05) is 11.1 Å². The van der Waals surface area contributed by atoms with Gasteiger partial charge in [0.15, 0.2) is 0 Å². The lowest BCUT2D eigenvalue weighted by Gasteiger charge is -2.16. The highest BCUT2D eigenvalue weighted by molar-refractivity contribution is 6.00. The molecule has 0 aliphatic carbocycles. The Morgan fingerprint density at radius 3 is 1.20 bits per heavy atom. The molecule has 30 heavy (non-hydrogen) atoms. The summed E-state index contributed by atoms with van der Waals surface area (Å²) in [5.41, 5.74) is 3.97. The van der Waals surface area contributed by atoms with Gasteiger partial charge in [0.25, 0.3) is 0 Å². The van der Waals surface area contributed by atoms with Crippen LogP contribution in [0.5, 0.6) is 11.5 Å². The molecular weight excluding hydrogens is 384 g/mol. The fourth-order valence-electron chi connectivity index (χ4n) is 3.83. The van der Waals surface area contributed by atoms with Crippen LogP contribution < -0.4 is 0 Å². The molecule has 6 heteroatoms. The second kappa shape index (κ2) is 7.55. The SMILES string of the molecule is Cc1cc(C(=O)O)c(-c2ccc(-c3c(C(=O)O)cc(C)c(O)c3C)cc2)c(C)c1O. The quantitative estimate of drug-likeness (QED) is 0.481. The first-order valence-electron chi connectivity index (χ1n) is 9.28. The van der Waals surface area contributed by atoms with E-state index in [1.165, 1.54) is 12.1 Å². The number of aryl methyl sites for hydroxylation is 2. The smallest absolute Gasteiger partial charge is 0.336 e. The van der Waals surface area contributed by atoms with E-state index in [1.807, 2.05) is 0 Å². The van der Waals surface area contributed by atoms with Crippen molar-refractivity contribution in [3.05, 3.63) is 69.8 Å². The minimum atomic E-state index is -1.10. The van der Waals surface area contributed by atoms with Gasteiger partial charge in [-0.25, -0.2) is 9.59 Å². The molecule has 154 valence electrons. The summed E-state index contributed by atoms with van der Waals surface area (Å²) >= 11 is 0.